The third-order valence-electron chi connectivity index (χ3n) is 4.83. The molecule has 2 heterocycles. The van der Waals surface area contributed by atoms with Gasteiger partial charge in [-0.2, -0.15) is 0 Å². The van der Waals surface area contributed by atoms with E-state index in [-0.39, 0.29) is 0 Å². The molecule has 2 fully saturated rings. The summed E-state index contributed by atoms with van der Waals surface area (Å²) in [7, 11) is 0. The third kappa shape index (κ3) is 3.21. The average Bonchev–Trinajstić information content (AvgIpc) is 2.78. The average molecular weight is 239 g/mol. The Hall–Kier alpha value is -0.120. The molecular weight excluding hydrogens is 210 g/mol. The molecule has 2 saturated heterocycles. The molecule has 3 heteroatoms. The molecular formula is C14H29N3. The zero-order valence-corrected chi connectivity index (χ0v) is 11.7. The van der Waals surface area contributed by atoms with Gasteiger partial charge in [-0.15, -0.1) is 0 Å². The number of piperidine rings is 1. The van der Waals surface area contributed by atoms with Gasteiger partial charge in [0.15, 0.2) is 0 Å². The maximum absolute atomic E-state index is 5.97. The molecule has 0 aliphatic carbocycles. The molecule has 2 aliphatic heterocycles. The summed E-state index contributed by atoms with van der Waals surface area (Å²) in [4.78, 5) is 5.35. The molecule has 2 aliphatic rings. The van der Waals surface area contributed by atoms with Gasteiger partial charge in [-0.3, -0.25) is 9.80 Å². The van der Waals surface area contributed by atoms with E-state index in [1.165, 1.54) is 45.4 Å². The summed E-state index contributed by atoms with van der Waals surface area (Å²) >= 11 is 0. The number of hydrogen-bond donors (Lipinski definition) is 1. The van der Waals surface area contributed by atoms with Crippen molar-refractivity contribution in [2.75, 3.05) is 26.2 Å². The van der Waals surface area contributed by atoms with Crippen LogP contribution in [0.25, 0.3) is 0 Å². The fourth-order valence-electron chi connectivity index (χ4n) is 3.14. The smallest absolute Gasteiger partial charge is 0.0235 e. The van der Waals surface area contributed by atoms with Gasteiger partial charge in [0.05, 0.1) is 0 Å². The molecule has 2 rings (SSSR count). The lowest BCUT2D eigenvalue weighted by Gasteiger charge is -2.35. The molecule has 2 atom stereocenters. The van der Waals surface area contributed by atoms with Gasteiger partial charge in [-0.05, 0) is 45.2 Å². The quantitative estimate of drug-likeness (QED) is 0.810. The molecule has 0 amide bonds. The topological polar surface area (TPSA) is 32.5 Å². The molecule has 0 aromatic carbocycles. The van der Waals surface area contributed by atoms with Gasteiger partial charge in [0.2, 0.25) is 0 Å². The minimum atomic E-state index is 0.457. The van der Waals surface area contributed by atoms with E-state index in [2.05, 4.69) is 30.6 Å². The Morgan fingerprint density at radius 2 is 1.65 bits per heavy atom. The van der Waals surface area contributed by atoms with Crippen LogP contribution in [0.1, 0.15) is 40.0 Å². The molecule has 2 unspecified atom stereocenters. The van der Waals surface area contributed by atoms with Crippen LogP contribution < -0.4 is 5.73 Å². The highest BCUT2D eigenvalue weighted by molar-refractivity contribution is 4.89. The fourth-order valence-corrected chi connectivity index (χ4v) is 3.14. The van der Waals surface area contributed by atoms with Gasteiger partial charge in [0, 0.05) is 31.2 Å². The van der Waals surface area contributed by atoms with Gasteiger partial charge < -0.3 is 5.73 Å². The van der Waals surface area contributed by atoms with Crippen LogP contribution in [0.15, 0.2) is 0 Å². The number of rotatable bonds is 3. The Bertz CT molecular complexity index is 234. The van der Waals surface area contributed by atoms with Crippen LogP contribution in [0.5, 0.6) is 0 Å². The van der Waals surface area contributed by atoms with Crippen molar-refractivity contribution in [1.82, 2.24) is 9.80 Å². The predicted octanol–water partition coefficient (Wildman–Crippen LogP) is 1.53. The van der Waals surface area contributed by atoms with E-state index in [4.69, 9.17) is 5.73 Å². The first kappa shape index (κ1) is 13.3. The molecule has 0 aromatic rings. The molecule has 0 aromatic heterocycles. The van der Waals surface area contributed by atoms with Crippen LogP contribution in [0.3, 0.4) is 0 Å². The maximum atomic E-state index is 5.97. The van der Waals surface area contributed by atoms with E-state index in [1.807, 2.05) is 0 Å². The van der Waals surface area contributed by atoms with Crippen LogP contribution in [-0.2, 0) is 0 Å². The highest BCUT2D eigenvalue weighted by Crippen LogP contribution is 2.23. The summed E-state index contributed by atoms with van der Waals surface area (Å²) in [6.45, 7) is 12.0. The molecule has 0 spiro atoms. The van der Waals surface area contributed by atoms with E-state index < -0.39 is 0 Å². The molecule has 100 valence electrons. The van der Waals surface area contributed by atoms with Crippen LogP contribution in [0.2, 0.25) is 0 Å². The SMILES string of the molecule is CC(C)C(C)N1CCC(N2CCC(N)CC2)C1. The number of likely N-dealkylation sites (tertiary alicyclic amines) is 2. The first-order chi connectivity index (χ1) is 8.08. The number of nitrogens with zero attached hydrogens (tertiary/aromatic N) is 2. The van der Waals surface area contributed by atoms with Gasteiger partial charge in [0.25, 0.3) is 0 Å². The lowest BCUT2D eigenvalue weighted by atomic mass is 10.0. The van der Waals surface area contributed by atoms with Gasteiger partial charge in [-0.25, -0.2) is 0 Å². The second kappa shape index (κ2) is 5.68. The van der Waals surface area contributed by atoms with E-state index in [1.54, 1.807) is 0 Å². The second-order valence-electron chi connectivity index (χ2n) is 6.30. The van der Waals surface area contributed by atoms with Crippen molar-refractivity contribution < 1.29 is 0 Å². The summed E-state index contributed by atoms with van der Waals surface area (Å²) in [5.74, 6) is 0.767. The van der Waals surface area contributed by atoms with Crippen LogP contribution in [-0.4, -0.2) is 54.1 Å². The first-order valence-electron chi connectivity index (χ1n) is 7.31. The lowest BCUT2D eigenvalue weighted by molar-refractivity contribution is 0.138. The number of hydrogen-bond acceptors (Lipinski definition) is 3. The molecule has 2 N–H and O–H groups in total. The Balaban J connectivity index is 1.81. The predicted molar refractivity (Wildman–Crippen MR) is 73.1 cm³/mol. The minimum absolute atomic E-state index is 0.457. The van der Waals surface area contributed by atoms with Crippen molar-refractivity contribution in [3.63, 3.8) is 0 Å². The van der Waals surface area contributed by atoms with Crippen molar-refractivity contribution in [1.29, 1.82) is 0 Å². The van der Waals surface area contributed by atoms with Crippen molar-refractivity contribution >= 4 is 0 Å². The highest BCUT2D eigenvalue weighted by Gasteiger charge is 2.32. The Kier molecular flexibility index (Phi) is 4.45. The Morgan fingerprint density at radius 3 is 2.24 bits per heavy atom. The zero-order chi connectivity index (χ0) is 12.4. The Morgan fingerprint density at radius 1 is 1.00 bits per heavy atom. The van der Waals surface area contributed by atoms with Gasteiger partial charge >= 0.3 is 0 Å². The normalized spacial score (nSPS) is 31.2. The third-order valence-corrected chi connectivity index (χ3v) is 4.83. The molecule has 3 nitrogen and oxygen atoms in total. The summed E-state index contributed by atoms with van der Waals surface area (Å²) in [6, 6.07) is 1.98. The van der Waals surface area contributed by atoms with Crippen molar-refractivity contribution in [2.24, 2.45) is 11.7 Å². The standard InChI is InChI=1S/C14H29N3/c1-11(2)12(3)17-9-6-14(10-17)16-7-4-13(15)5-8-16/h11-14H,4-10,15H2,1-3H3. The monoisotopic (exact) mass is 239 g/mol. The summed E-state index contributed by atoms with van der Waals surface area (Å²) in [5, 5.41) is 0. The first-order valence-corrected chi connectivity index (χ1v) is 7.31. The van der Waals surface area contributed by atoms with Gasteiger partial charge in [0.1, 0.15) is 0 Å². The summed E-state index contributed by atoms with van der Waals surface area (Å²) < 4.78 is 0. The molecule has 0 saturated carbocycles. The number of nitrogens with two attached hydrogens (primary N) is 1. The second-order valence-corrected chi connectivity index (χ2v) is 6.30. The van der Waals surface area contributed by atoms with Crippen molar-refractivity contribution in [3.8, 4) is 0 Å². The van der Waals surface area contributed by atoms with E-state index in [0.717, 1.165) is 18.0 Å². The van der Waals surface area contributed by atoms with Crippen molar-refractivity contribution in [2.45, 2.75) is 58.2 Å². The molecule has 0 radical (unpaired) electrons. The van der Waals surface area contributed by atoms with Crippen LogP contribution in [0.4, 0.5) is 0 Å². The molecule has 17 heavy (non-hydrogen) atoms. The maximum Gasteiger partial charge on any atom is 0.0235 e. The van der Waals surface area contributed by atoms with Crippen LogP contribution in [0, 0.1) is 5.92 Å². The van der Waals surface area contributed by atoms with E-state index in [9.17, 15) is 0 Å². The lowest BCUT2D eigenvalue weighted by Crippen LogP contribution is -2.46. The fraction of sp³-hybridized carbons (Fsp3) is 1.00. The summed E-state index contributed by atoms with van der Waals surface area (Å²) in [6.07, 6.45) is 3.73. The molecule has 0 bridgehead atoms. The van der Waals surface area contributed by atoms with E-state index >= 15 is 0 Å². The van der Waals surface area contributed by atoms with Gasteiger partial charge in [-0.1, -0.05) is 13.8 Å². The Labute approximate surface area is 106 Å². The zero-order valence-electron chi connectivity index (χ0n) is 11.7. The summed E-state index contributed by atoms with van der Waals surface area (Å²) in [5.41, 5.74) is 5.97. The largest absolute Gasteiger partial charge is 0.328 e. The van der Waals surface area contributed by atoms with Crippen molar-refractivity contribution in [3.05, 3.63) is 0 Å². The van der Waals surface area contributed by atoms with E-state index in [0.29, 0.717) is 6.04 Å². The minimum Gasteiger partial charge on any atom is -0.328 e. The van der Waals surface area contributed by atoms with Crippen LogP contribution >= 0.6 is 0 Å². The highest BCUT2D eigenvalue weighted by atomic mass is 15.3.